The van der Waals surface area contributed by atoms with Gasteiger partial charge in [0.1, 0.15) is 5.82 Å². The van der Waals surface area contributed by atoms with E-state index >= 15 is 0 Å². The van der Waals surface area contributed by atoms with Crippen LogP contribution < -0.4 is 16.4 Å². The summed E-state index contributed by atoms with van der Waals surface area (Å²) < 4.78 is 15.1. The monoisotopic (exact) mass is 464 g/mol. The van der Waals surface area contributed by atoms with Crippen LogP contribution in [0.2, 0.25) is 5.02 Å². The van der Waals surface area contributed by atoms with E-state index in [1.807, 2.05) is 30.3 Å². The number of hydrogen-bond acceptors (Lipinski definition) is 4. The quantitative estimate of drug-likeness (QED) is 0.443. The first-order valence-corrected chi connectivity index (χ1v) is 10.4. The highest BCUT2D eigenvalue weighted by Gasteiger charge is 2.18. The van der Waals surface area contributed by atoms with Gasteiger partial charge in [-0.1, -0.05) is 66.2 Å². The minimum atomic E-state index is -0.721. The van der Waals surface area contributed by atoms with Gasteiger partial charge in [-0.15, -0.1) is 0 Å². The second-order valence-corrected chi connectivity index (χ2v) is 7.63. The van der Waals surface area contributed by atoms with Gasteiger partial charge in [-0.25, -0.2) is 9.07 Å². The second-order valence-electron chi connectivity index (χ2n) is 7.22. The van der Waals surface area contributed by atoms with E-state index in [0.29, 0.717) is 10.8 Å². The fourth-order valence-corrected chi connectivity index (χ4v) is 3.59. The Hall–Kier alpha value is -4.04. The molecule has 0 saturated carbocycles. The zero-order chi connectivity index (χ0) is 23.4. The summed E-state index contributed by atoms with van der Waals surface area (Å²) in [5, 5.41) is 5.01. The summed E-state index contributed by atoms with van der Waals surface area (Å²) in [5.74, 6) is -2.01. The zero-order valence-electron chi connectivity index (χ0n) is 17.2. The van der Waals surface area contributed by atoms with E-state index in [2.05, 4.69) is 16.0 Å². The molecule has 3 aromatic carbocycles. The number of fused-ring (bicyclic) bond motifs is 1. The molecule has 0 atom stereocenters. The van der Waals surface area contributed by atoms with Crippen molar-refractivity contribution in [3.8, 4) is 0 Å². The minimum absolute atomic E-state index is 0.0194. The van der Waals surface area contributed by atoms with Crippen molar-refractivity contribution in [2.75, 3.05) is 0 Å². The predicted molar refractivity (Wildman–Crippen MR) is 122 cm³/mol. The van der Waals surface area contributed by atoms with Gasteiger partial charge in [-0.05, 0) is 23.8 Å². The topological polar surface area (TPSA) is 93.1 Å². The lowest BCUT2D eigenvalue weighted by atomic mass is 10.1. The zero-order valence-corrected chi connectivity index (χ0v) is 18.0. The van der Waals surface area contributed by atoms with Crippen LogP contribution >= 0.6 is 11.6 Å². The highest BCUT2D eigenvalue weighted by atomic mass is 35.5. The van der Waals surface area contributed by atoms with Crippen molar-refractivity contribution < 1.29 is 14.0 Å². The molecule has 0 aliphatic heterocycles. The third-order valence-corrected chi connectivity index (χ3v) is 5.33. The molecule has 0 spiro atoms. The van der Waals surface area contributed by atoms with Crippen molar-refractivity contribution in [2.24, 2.45) is 0 Å². The third kappa shape index (κ3) is 4.91. The summed E-state index contributed by atoms with van der Waals surface area (Å²) in [6, 6.07) is 19.9. The maximum Gasteiger partial charge on any atom is 0.290 e. The molecule has 166 valence electrons. The van der Waals surface area contributed by atoms with Gasteiger partial charge in [-0.2, -0.15) is 5.10 Å². The SMILES string of the molecule is O=C(Cc1c(F)cccc1Cl)NNC(=O)c1nn(Cc2ccccc2)c(=O)c2ccccc12. The van der Waals surface area contributed by atoms with Gasteiger partial charge in [0.25, 0.3) is 11.5 Å². The lowest BCUT2D eigenvalue weighted by molar-refractivity contribution is -0.121. The van der Waals surface area contributed by atoms with Crippen molar-refractivity contribution in [2.45, 2.75) is 13.0 Å². The molecule has 9 heteroatoms. The first kappa shape index (κ1) is 22.2. The number of benzene rings is 3. The lowest BCUT2D eigenvalue weighted by Crippen LogP contribution is -2.43. The highest BCUT2D eigenvalue weighted by molar-refractivity contribution is 6.31. The number of halogens is 2. The molecule has 0 fully saturated rings. The van der Waals surface area contributed by atoms with Crippen LogP contribution in [0.25, 0.3) is 10.8 Å². The van der Waals surface area contributed by atoms with Gasteiger partial charge in [0.15, 0.2) is 5.69 Å². The molecular weight excluding hydrogens is 447 g/mol. The number of amides is 2. The summed E-state index contributed by atoms with van der Waals surface area (Å²) in [7, 11) is 0. The first-order chi connectivity index (χ1) is 15.9. The van der Waals surface area contributed by atoms with Gasteiger partial charge >= 0.3 is 0 Å². The Morgan fingerprint density at radius 2 is 1.61 bits per heavy atom. The lowest BCUT2D eigenvalue weighted by Gasteiger charge is -2.12. The average Bonchev–Trinajstić information content (AvgIpc) is 2.82. The van der Waals surface area contributed by atoms with Crippen LogP contribution in [0.1, 0.15) is 21.6 Å². The molecule has 0 bridgehead atoms. The predicted octanol–water partition coefficient (Wildman–Crippen LogP) is 3.24. The van der Waals surface area contributed by atoms with Crippen LogP contribution in [0.5, 0.6) is 0 Å². The van der Waals surface area contributed by atoms with E-state index in [1.165, 1.54) is 22.9 Å². The Balaban J connectivity index is 1.58. The molecule has 2 amide bonds. The van der Waals surface area contributed by atoms with Crippen molar-refractivity contribution in [1.82, 2.24) is 20.6 Å². The van der Waals surface area contributed by atoms with Crippen LogP contribution in [0.3, 0.4) is 0 Å². The van der Waals surface area contributed by atoms with Crippen LogP contribution in [-0.4, -0.2) is 21.6 Å². The number of rotatable bonds is 5. The number of nitrogens with zero attached hydrogens (tertiary/aromatic N) is 2. The summed E-state index contributed by atoms with van der Waals surface area (Å²) in [6.45, 7) is 0.170. The van der Waals surface area contributed by atoms with Crippen molar-refractivity contribution >= 4 is 34.2 Å². The van der Waals surface area contributed by atoms with E-state index in [9.17, 15) is 18.8 Å². The molecule has 4 aromatic rings. The molecule has 0 unspecified atom stereocenters. The molecular formula is C24H18ClFN4O3. The van der Waals surface area contributed by atoms with Crippen LogP contribution in [0, 0.1) is 5.82 Å². The smallest absolute Gasteiger partial charge is 0.273 e. The van der Waals surface area contributed by atoms with Crippen molar-refractivity contribution in [3.05, 3.63) is 111 Å². The van der Waals surface area contributed by atoms with E-state index in [1.54, 1.807) is 24.3 Å². The van der Waals surface area contributed by atoms with Gasteiger partial charge < -0.3 is 0 Å². The van der Waals surface area contributed by atoms with Crippen LogP contribution in [-0.2, 0) is 17.8 Å². The van der Waals surface area contributed by atoms with E-state index < -0.39 is 17.6 Å². The van der Waals surface area contributed by atoms with Gasteiger partial charge in [0.2, 0.25) is 5.91 Å². The van der Waals surface area contributed by atoms with Gasteiger partial charge in [0, 0.05) is 16.0 Å². The first-order valence-electron chi connectivity index (χ1n) is 10.00. The van der Waals surface area contributed by atoms with Crippen molar-refractivity contribution in [1.29, 1.82) is 0 Å². The molecule has 2 N–H and O–H groups in total. The Labute approximate surface area is 192 Å². The largest absolute Gasteiger partial charge is 0.290 e. The van der Waals surface area contributed by atoms with E-state index in [4.69, 9.17) is 11.6 Å². The third-order valence-electron chi connectivity index (χ3n) is 4.97. The number of hydrazine groups is 1. The second kappa shape index (κ2) is 9.62. The van der Waals surface area contributed by atoms with Crippen LogP contribution in [0.15, 0.2) is 77.6 Å². The number of carbonyl (C=O) groups is 2. The fraction of sp³-hybridized carbons (Fsp3) is 0.0833. The number of carbonyl (C=O) groups excluding carboxylic acids is 2. The number of aromatic nitrogens is 2. The standard InChI is InChI=1S/C24H18ClFN4O3/c25-19-11-6-12-20(26)18(19)13-21(31)27-28-23(32)22-16-9-4-5-10-17(16)24(33)30(29-22)14-15-7-2-1-3-8-15/h1-12H,13-14H2,(H,27,31)(H,28,32). The number of hydrogen-bond donors (Lipinski definition) is 2. The average molecular weight is 465 g/mol. The Morgan fingerprint density at radius 3 is 2.33 bits per heavy atom. The molecule has 4 rings (SSSR count). The normalized spacial score (nSPS) is 10.7. The van der Waals surface area contributed by atoms with E-state index in [-0.39, 0.29) is 34.8 Å². The maximum atomic E-state index is 13.9. The molecule has 0 radical (unpaired) electrons. The maximum absolute atomic E-state index is 13.9. The number of nitrogens with one attached hydrogen (secondary N) is 2. The summed E-state index contributed by atoms with van der Waals surface area (Å²) in [5.41, 5.74) is 5.00. The van der Waals surface area contributed by atoms with Crippen molar-refractivity contribution in [3.63, 3.8) is 0 Å². The molecule has 1 heterocycles. The molecule has 7 nitrogen and oxygen atoms in total. The minimum Gasteiger partial charge on any atom is -0.273 e. The van der Waals surface area contributed by atoms with Crippen LogP contribution in [0.4, 0.5) is 4.39 Å². The molecule has 0 aliphatic rings. The highest BCUT2D eigenvalue weighted by Crippen LogP contribution is 2.19. The summed E-state index contributed by atoms with van der Waals surface area (Å²) >= 11 is 5.95. The fourth-order valence-electron chi connectivity index (χ4n) is 3.36. The Kier molecular flexibility index (Phi) is 6.46. The molecule has 1 aromatic heterocycles. The van der Waals surface area contributed by atoms with E-state index in [0.717, 1.165) is 5.56 Å². The van der Waals surface area contributed by atoms with Gasteiger partial charge in [-0.3, -0.25) is 25.2 Å². The molecule has 0 aliphatic carbocycles. The molecule has 33 heavy (non-hydrogen) atoms. The summed E-state index contributed by atoms with van der Waals surface area (Å²) in [6.07, 6.45) is -0.368. The summed E-state index contributed by atoms with van der Waals surface area (Å²) in [4.78, 5) is 38.0. The Bertz CT molecular complexity index is 1390. The Morgan fingerprint density at radius 1 is 0.909 bits per heavy atom. The molecule has 0 saturated heterocycles. The van der Waals surface area contributed by atoms with Gasteiger partial charge in [0.05, 0.1) is 18.4 Å².